The van der Waals surface area contributed by atoms with Crippen LogP contribution in [0.5, 0.6) is 0 Å². The lowest BCUT2D eigenvalue weighted by Gasteiger charge is -1.93. The number of rotatable bonds is 2. The highest BCUT2D eigenvalue weighted by Crippen LogP contribution is 1.98. The quantitative estimate of drug-likeness (QED) is 0.798. The third kappa shape index (κ3) is 20.5. The van der Waals surface area contributed by atoms with Crippen LogP contribution in [-0.4, -0.2) is 32.5 Å². The molecule has 96 valence electrons. The normalized spacial score (nSPS) is 9.82. The van der Waals surface area contributed by atoms with Crippen LogP contribution in [0.2, 0.25) is 0 Å². The zero-order chi connectivity index (χ0) is 13.7. The van der Waals surface area contributed by atoms with Crippen LogP contribution in [0.15, 0.2) is 30.6 Å². The van der Waals surface area contributed by atoms with E-state index in [9.17, 15) is 4.79 Å². The van der Waals surface area contributed by atoms with Gasteiger partial charge in [-0.2, -0.15) is 0 Å². The molecule has 1 unspecified atom stereocenters. The molecule has 0 amide bonds. The highest BCUT2D eigenvalue weighted by molar-refractivity contribution is 6.29. The Morgan fingerprint density at radius 1 is 1.24 bits per heavy atom. The molecule has 0 radical (unpaired) electrons. The van der Waals surface area contributed by atoms with Crippen molar-refractivity contribution in [2.45, 2.75) is 25.6 Å². The van der Waals surface area contributed by atoms with Gasteiger partial charge in [-0.25, -0.2) is 0 Å². The van der Waals surface area contributed by atoms with Gasteiger partial charge in [-0.3, -0.25) is 14.6 Å². The van der Waals surface area contributed by atoms with E-state index in [2.05, 4.69) is 4.98 Å². The molecule has 0 saturated heterocycles. The Morgan fingerprint density at radius 3 is 1.71 bits per heavy atom. The molecular weight excluding hydrogens is 246 g/mol. The summed E-state index contributed by atoms with van der Waals surface area (Å²) in [5, 5.41) is 14.8. The molecule has 0 saturated carbocycles. The number of carboxylic acids is 2. The van der Waals surface area contributed by atoms with Crippen molar-refractivity contribution >= 4 is 23.5 Å². The minimum absolute atomic E-state index is 0.483. The van der Waals surface area contributed by atoms with Gasteiger partial charge >= 0.3 is 5.97 Å². The summed E-state index contributed by atoms with van der Waals surface area (Å²) < 4.78 is 0. The minimum Gasteiger partial charge on any atom is -0.481 e. The van der Waals surface area contributed by atoms with E-state index in [0.717, 1.165) is 6.92 Å². The molecule has 0 aliphatic rings. The van der Waals surface area contributed by atoms with Gasteiger partial charge in [0, 0.05) is 19.3 Å². The smallest absolute Gasteiger partial charge is 0.321 e. The Kier molecular flexibility index (Phi) is 13.0. The first-order valence-electron chi connectivity index (χ1n) is 4.83. The van der Waals surface area contributed by atoms with Crippen molar-refractivity contribution in [2.75, 3.05) is 0 Å². The van der Waals surface area contributed by atoms with Gasteiger partial charge in [0.1, 0.15) is 5.38 Å². The molecule has 17 heavy (non-hydrogen) atoms. The number of nitrogens with zero attached hydrogens (tertiary/aromatic N) is 1. The Labute approximate surface area is 105 Å². The van der Waals surface area contributed by atoms with E-state index in [1.165, 1.54) is 0 Å². The number of hydrogen-bond acceptors (Lipinski definition) is 3. The standard InChI is InChI=1S/C5H5N.C4H7ClO2.C2H4O2/c1-2-4-6-5-3-1;1-2-3(5)4(6)7;1-2(3)4/h1-5H;3H,2H2,1H3,(H,6,7);1H3,(H,3,4). The molecule has 1 aromatic heterocycles. The number of carbonyl (C=O) groups is 2. The monoisotopic (exact) mass is 261 g/mol. The summed E-state index contributed by atoms with van der Waals surface area (Å²) in [5.74, 6) is -1.77. The Bertz CT molecular complexity index is 275. The lowest BCUT2D eigenvalue weighted by Crippen LogP contribution is -2.10. The van der Waals surface area contributed by atoms with Crippen molar-refractivity contribution in [2.24, 2.45) is 0 Å². The van der Waals surface area contributed by atoms with Crippen LogP contribution in [0.25, 0.3) is 0 Å². The molecule has 1 rings (SSSR count). The maximum absolute atomic E-state index is 9.80. The minimum atomic E-state index is -0.941. The molecule has 1 heterocycles. The molecule has 0 aliphatic heterocycles. The second kappa shape index (κ2) is 12.4. The zero-order valence-electron chi connectivity index (χ0n) is 9.71. The highest BCUT2D eigenvalue weighted by atomic mass is 35.5. The van der Waals surface area contributed by atoms with Gasteiger partial charge in [0.15, 0.2) is 0 Å². The van der Waals surface area contributed by atoms with Crippen LogP contribution in [0, 0.1) is 0 Å². The first kappa shape index (κ1) is 17.8. The summed E-state index contributed by atoms with van der Waals surface area (Å²) in [7, 11) is 0. The lowest BCUT2D eigenvalue weighted by molar-refractivity contribution is -0.137. The van der Waals surface area contributed by atoms with E-state index in [4.69, 9.17) is 26.6 Å². The first-order chi connectivity index (χ1) is 7.91. The van der Waals surface area contributed by atoms with E-state index in [1.807, 2.05) is 18.2 Å². The summed E-state index contributed by atoms with van der Waals surface area (Å²) >= 11 is 5.20. The van der Waals surface area contributed by atoms with Crippen molar-refractivity contribution in [3.63, 3.8) is 0 Å². The second-order valence-corrected chi connectivity index (χ2v) is 3.28. The molecule has 2 N–H and O–H groups in total. The molecule has 0 spiro atoms. The van der Waals surface area contributed by atoms with Gasteiger partial charge in [-0.1, -0.05) is 13.0 Å². The maximum atomic E-state index is 9.80. The van der Waals surface area contributed by atoms with Crippen molar-refractivity contribution in [1.29, 1.82) is 0 Å². The fraction of sp³-hybridized carbons (Fsp3) is 0.364. The number of carboxylic acid groups (broad SMARTS) is 2. The number of pyridine rings is 1. The van der Waals surface area contributed by atoms with Crippen LogP contribution in [0.3, 0.4) is 0 Å². The molecule has 1 aromatic rings. The highest BCUT2D eigenvalue weighted by Gasteiger charge is 2.08. The molecule has 6 heteroatoms. The second-order valence-electron chi connectivity index (χ2n) is 2.76. The van der Waals surface area contributed by atoms with Gasteiger partial charge in [0.25, 0.3) is 5.97 Å². The molecule has 5 nitrogen and oxygen atoms in total. The third-order valence-corrected chi connectivity index (χ3v) is 1.69. The van der Waals surface area contributed by atoms with E-state index in [1.54, 1.807) is 19.3 Å². The van der Waals surface area contributed by atoms with Crippen molar-refractivity contribution in [3.05, 3.63) is 30.6 Å². The summed E-state index contributed by atoms with van der Waals surface area (Å²) in [5.41, 5.74) is 0. The Hall–Kier alpha value is -1.62. The summed E-state index contributed by atoms with van der Waals surface area (Å²) in [6, 6.07) is 5.72. The fourth-order valence-electron chi connectivity index (χ4n) is 0.487. The SMILES string of the molecule is CC(=O)O.CCC(Cl)C(=O)O.c1ccncc1. The molecule has 0 aromatic carbocycles. The van der Waals surface area contributed by atoms with Gasteiger partial charge in [-0.05, 0) is 18.6 Å². The molecule has 0 aliphatic carbocycles. The fourth-order valence-corrected chi connectivity index (χ4v) is 0.487. The van der Waals surface area contributed by atoms with Gasteiger partial charge in [-0.15, -0.1) is 11.6 Å². The van der Waals surface area contributed by atoms with Crippen molar-refractivity contribution in [3.8, 4) is 0 Å². The molecule has 1 atom stereocenters. The van der Waals surface area contributed by atoms with E-state index in [0.29, 0.717) is 6.42 Å². The van der Waals surface area contributed by atoms with Crippen LogP contribution in [0.4, 0.5) is 0 Å². The number of halogens is 1. The van der Waals surface area contributed by atoms with Gasteiger partial charge in [0.2, 0.25) is 0 Å². The van der Waals surface area contributed by atoms with E-state index in [-0.39, 0.29) is 0 Å². The van der Waals surface area contributed by atoms with Crippen LogP contribution < -0.4 is 0 Å². The topological polar surface area (TPSA) is 87.5 Å². The maximum Gasteiger partial charge on any atom is 0.321 e. The summed E-state index contributed by atoms with van der Waals surface area (Å²) in [6.45, 7) is 2.81. The van der Waals surface area contributed by atoms with Gasteiger partial charge in [0.05, 0.1) is 0 Å². The average Bonchev–Trinajstić information content (AvgIpc) is 2.30. The lowest BCUT2D eigenvalue weighted by atomic mass is 10.3. The van der Waals surface area contributed by atoms with Crippen molar-refractivity contribution < 1.29 is 19.8 Å². The molecule has 0 fully saturated rings. The number of aliphatic carboxylic acids is 2. The van der Waals surface area contributed by atoms with Crippen LogP contribution in [-0.2, 0) is 9.59 Å². The molecular formula is C11H16ClNO4. The third-order valence-electron chi connectivity index (χ3n) is 1.19. The summed E-state index contributed by atoms with van der Waals surface area (Å²) in [4.78, 5) is 22.6. The van der Waals surface area contributed by atoms with Gasteiger partial charge < -0.3 is 10.2 Å². The number of aromatic nitrogens is 1. The van der Waals surface area contributed by atoms with Crippen LogP contribution in [0.1, 0.15) is 20.3 Å². The average molecular weight is 262 g/mol. The zero-order valence-corrected chi connectivity index (χ0v) is 10.5. The van der Waals surface area contributed by atoms with E-state index < -0.39 is 17.3 Å². The number of alkyl halides is 1. The van der Waals surface area contributed by atoms with Crippen molar-refractivity contribution in [1.82, 2.24) is 4.98 Å². The van der Waals surface area contributed by atoms with Crippen LogP contribution >= 0.6 is 11.6 Å². The predicted octanol–water partition coefficient (Wildman–Crippen LogP) is 2.26. The summed E-state index contributed by atoms with van der Waals surface area (Å²) in [6.07, 6.45) is 3.98. The number of hydrogen-bond donors (Lipinski definition) is 2. The Morgan fingerprint density at radius 2 is 1.65 bits per heavy atom. The van der Waals surface area contributed by atoms with E-state index >= 15 is 0 Å². The Balaban J connectivity index is 0. The first-order valence-corrected chi connectivity index (χ1v) is 5.26. The largest absolute Gasteiger partial charge is 0.481 e. The predicted molar refractivity (Wildman–Crippen MR) is 65.1 cm³/mol. The molecule has 0 bridgehead atoms.